The fourth-order valence-corrected chi connectivity index (χ4v) is 2.60. The van der Waals surface area contributed by atoms with E-state index in [0.717, 1.165) is 0 Å². The molecule has 160 valence electrons. The highest BCUT2D eigenvalue weighted by Gasteiger charge is 2.13. The minimum Gasteiger partial charge on any atom is -0.398 e. The van der Waals surface area contributed by atoms with Crippen LogP contribution in [-0.2, 0) is 0 Å². The fraction of sp³-hybridized carbons (Fsp3) is 0. The molecule has 0 radical (unpaired) electrons. The summed E-state index contributed by atoms with van der Waals surface area (Å²) in [6.07, 6.45) is 6.34. The van der Waals surface area contributed by atoms with Crippen molar-refractivity contribution in [3.63, 3.8) is 0 Å². The Hall–Kier alpha value is -3.92. The average Bonchev–Trinajstić information content (AvgIpc) is 2.84. The van der Waals surface area contributed by atoms with E-state index in [-0.39, 0.29) is 5.78 Å². The summed E-state index contributed by atoms with van der Waals surface area (Å²) in [5.41, 5.74) is 13.7. The molecule has 0 aliphatic rings. The normalized spacial score (nSPS) is 9.28. The summed E-state index contributed by atoms with van der Waals surface area (Å²) in [6.45, 7) is 6.54. The van der Waals surface area contributed by atoms with Crippen LogP contribution >= 0.6 is 23.2 Å². The van der Waals surface area contributed by atoms with Gasteiger partial charge in [-0.05, 0) is 48.5 Å². The van der Waals surface area contributed by atoms with Crippen LogP contribution in [0.2, 0.25) is 10.0 Å². The summed E-state index contributed by atoms with van der Waals surface area (Å²) in [4.78, 5) is 22.8. The second kappa shape index (κ2) is 12.7. The van der Waals surface area contributed by atoms with Crippen LogP contribution < -0.4 is 11.5 Å². The van der Waals surface area contributed by atoms with E-state index >= 15 is 0 Å². The summed E-state index contributed by atoms with van der Waals surface area (Å²) in [5.74, 6) is -0.151. The highest BCUT2D eigenvalue weighted by molar-refractivity contribution is 6.34. The van der Waals surface area contributed by atoms with Gasteiger partial charge in [0.15, 0.2) is 11.5 Å². The van der Waals surface area contributed by atoms with Crippen molar-refractivity contribution in [1.29, 1.82) is 0 Å². The van der Waals surface area contributed by atoms with Crippen molar-refractivity contribution in [3.05, 3.63) is 124 Å². The summed E-state index contributed by atoms with van der Waals surface area (Å²) < 4.78 is 0. The van der Waals surface area contributed by atoms with Gasteiger partial charge < -0.3 is 11.5 Å². The van der Waals surface area contributed by atoms with Crippen LogP contribution in [0.1, 0.15) is 15.9 Å². The molecule has 0 fully saturated rings. The summed E-state index contributed by atoms with van der Waals surface area (Å²) in [7, 11) is 0. The third kappa shape index (κ3) is 7.40. The number of nitrogens with two attached hydrogens (primary N) is 2. The number of nitrogen functional groups attached to an aromatic ring is 2. The third-order valence-electron chi connectivity index (χ3n) is 3.94. The van der Waals surface area contributed by atoms with Crippen LogP contribution in [0.15, 0.2) is 91.5 Å². The molecule has 0 unspecified atom stereocenters. The summed E-state index contributed by atoms with van der Waals surface area (Å²) in [6, 6.07) is 18.9. The van der Waals surface area contributed by atoms with Crippen molar-refractivity contribution in [3.8, 4) is 0 Å². The minimum absolute atomic E-state index is 0.151. The first-order valence-electron chi connectivity index (χ1n) is 9.20. The standard InChI is InChI=1S/C12H9ClN2O.C6H6ClN.C6H4N2/c13-10-3-1-2-9(11(10)14)12(16)8-4-6-15-7-5-8;7-5-3-1-2-4-6(5)8;1-7-6-2-4-8-5-3-6/h1-7H,14H2;1-4H,8H2;2-5H. The zero-order valence-corrected chi connectivity index (χ0v) is 18.3. The number of halogens is 2. The Morgan fingerprint density at radius 3 is 1.84 bits per heavy atom. The Balaban J connectivity index is 0.000000190. The van der Waals surface area contributed by atoms with E-state index in [1.54, 1.807) is 79.4 Å². The molecule has 2 aromatic heterocycles. The lowest BCUT2D eigenvalue weighted by Gasteiger charge is -2.05. The van der Waals surface area contributed by atoms with Gasteiger partial charge >= 0.3 is 0 Å². The maximum Gasteiger partial charge on any atom is 0.195 e. The van der Waals surface area contributed by atoms with Crippen molar-refractivity contribution in [1.82, 2.24) is 9.97 Å². The van der Waals surface area contributed by atoms with Crippen molar-refractivity contribution in [2.45, 2.75) is 0 Å². The minimum atomic E-state index is -0.151. The Morgan fingerprint density at radius 2 is 1.34 bits per heavy atom. The smallest absolute Gasteiger partial charge is 0.195 e. The number of hydrogen-bond acceptors (Lipinski definition) is 5. The first-order valence-corrected chi connectivity index (χ1v) is 9.95. The zero-order valence-electron chi connectivity index (χ0n) is 16.8. The topological polar surface area (TPSA) is 99.2 Å². The molecular weight excluding hydrogens is 445 g/mol. The number of nitrogens with zero attached hydrogens (tertiary/aromatic N) is 3. The molecule has 0 bridgehead atoms. The number of carbonyl (C=O) groups is 1. The van der Waals surface area contributed by atoms with Crippen LogP contribution in [0.25, 0.3) is 4.85 Å². The summed E-state index contributed by atoms with van der Waals surface area (Å²) in [5, 5.41) is 1.01. The Kier molecular flexibility index (Phi) is 9.67. The Bertz CT molecular complexity index is 1170. The number of aromatic nitrogens is 2. The van der Waals surface area contributed by atoms with E-state index in [2.05, 4.69) is 14.8 Å². The van der Waals surface area contributed by atoms with Crippen molar-refractivity contribution in [2.75, 3.05) is 11.5 Å². The maximum absolute atomic E-state index is 12.1. The molecule has 8 heteroatoms. The first-order chi connectivity index (χ1) is 15.4. The second-order valence-corrected chi connectivity index (χ2v) is 6.92. The number of rotatable bonds is 2. The number of anilines is 2. The molecule has 0 aliphatic carbocycles. The lowest BCUT2D eigenvalue weighted by molar-refractivity contribution is 0.103. The number of pyridine rings is 2. The van der Waals surface area contributed by atoms with Gasteiger partial charge in [-0.2, -0.15) is 0 Å². The molecule has 2 heterocycles. The van der Waals surface area contributed by atoms with E-state index in [1.165, 1.54) is 0 Å². The molecule has 6 nitrogen and oxygen atoms in total. The van der Waals surface area contributed by atoms with Gasteiger partial charge in [-0.1, -0.05) is 41.4 Å². The second-order valence-electron chi connectivity index (χ2n) is 6.10. The van der Waals surface area contributed by atoms with E-state index in [4.69, 9.17) is 41.2 Å². The van der Waals surface area contributed by atoms with Crippen LogP contribution in [0.5, 0.6) is 0 Å². The molecule has 4 N–H and O–H groups in total. The molecule has 0 spiro atoms. The SMILES string of the molecule is Nc1c(Cl)cccc1C(=O)c1ccncc1.Nc1ccccc1Cl.[C-]#[N+]c1ccncc1. The molecule has 0 amide bonds. The van der Waals surface area contributed by atoms with E-state index in [1.807, 2.05) is 12.1 Å². The predicted octanol–water partition coefficient (Wildman–Crippen LogP) is 6.10. The number of para-hydroxylation sites is 2. The number of benzene rings is 2. The fourth-order valence-electron chi connectivity index (χ4n) is 2.29. The first kappa shape index (κ1) is 24.4. The van der Waals surface area contributed by atoms with E-state index < -0.39 is 0 Å². The van der Waals surface area contributed by atoms with Gasteiger partial charge in [0.05, 0.1) is 28.0 Å². The molecule has 0 aliphatic heterocycles. The lowest BCUT2D eigenvalue weighted by atomic mass is 10.0. The summed E-state index contributed by atoms with van der Waals surface area (Å²) >= 11 is 11.4. The van der Waals surface area contributed by atoms with Gasteiger partial charge in [-0.25, -0.2) is 4.85 Å². The Labute approximate surface area is 196 Å². The van der Waals surface area contributed by atoms with Gasteiger partial charge in [0.2, 0.25) is 0 Å². The third-order valence-corrected chi connectivity index (χ3v) is 4.61. The van der Waals surface area contributed by atoms with Crippen molar-refractivity contribution < 1.29 is 4.79 Å². The lowest BCUT2D eigenvalue weighted by Crippen LogP contribution is -2.05. The highest BCUT2D eigenvalue weighted by Crippen LogP contribution is 2.24. The molecule has 0 saturated heterocycles. The number of carbonyl (C=O) groups excluding carboxylic acids is 1. The number of hydrogen-bond donors (Lipinski definition) is 2. The maximum atomic E-state index is 12.1. The van der Waals surface area contributed by atoms with Crippen LogP contribution in [-0.4, -0.2) is 15.8 Å². The molecule has 32 heavy (non-hydrogen) atoms. The van der Waals surface area contributed by atoms with Gasteiger partial charge in [0, 0.05) is 35.9 Å². The van der Waals surface area contributed by atoms with Gasteiger partial charge in [0.25, 0.3) is 0 Å². The average molecular weight is 464 g/mol. The Morgan fingerprint density at radius 1 is 0.781 bits per heavy atom. The van der Waals surface area contributed by atoms with Crippen LogP contribution in [0.3, 0.4) is 0 Å². The van der Waals surface area contributed by atoms with E-state index in [9.17, 15) is 4.79 Å². The monoisotopic (exact) mass is 463 g/mol. The van der Waals surface area contributed by atoms with Crippen LogP contribution in [0.4, 0.5) is 17.1 Å². The van der Waals surface area contributed by atoms with Crippen LogP contribution in [0, 0.1) is 6.57 Å². The molecule has 2 aromatic carbocycles. The zero-order chi connectivity index (χ0) is 23.3. The van der Waals surface area contributed by atoms with Gasteiger partial charge in [-0.15, -0.1) is 0 Å². The largest absolute Gasteiger partial charge is 0.398 e. The van der Waals surface area contributed by atoms with Gasteiger partial charge in [-0.3, -0.25) is 14.8 Å². The molecular formula is C24H19Cl2N5O. The van der Waals surface area contributed by atoms with E-state index in [0.29, 0.717) is 38.2 Å². The molecule has 4 aromatic rings. The van der Waals surface area contributed by atoms with Crippen molar-refractivity contribution >= 4 is 46.0 Å². The highest BCUT2D eigenvalue weighted by atomic mass is 35.5. The quantitative estimate of drug-likeness (QED) is 0.212. The predicted molar refractivity (Wildman–Crippen MR) is 130 cm³/mol. The van der Waals surface area contributed by atoms with Gasteiger partial charge in [0.1, 0.15) is 0 Å². The molecule has 4 rings (SSSR count). The van der Waals surface area contributed by atoms with Crippen molar-refractivity contribution in [2.24, 2.45) is 0 Å². The number of ketones is 1. The molecule has 0 atom stereocenters. The molecule has 0 saturated carbocycles.